The Labute approximate surface area is 113 Å². The Morgan fingerprint density at radius 1 is 1.32 bits per heavy atom. The fourth-order valence-corrected chi connectivity index (χ4v) is 2.14. The van der Waals surface area contributed by atoms with Crippen LogP contribution in [0.25, 0.3) is 0 Å². The van der Waals surface area contributed by atoms with Gasteiger partial charge in [-0.15, -0.1) is 0 Å². The quantitative estimate of drug-likeness (QED) is 0.876. The Kier molecular flexibility index (Phi) is 3.88. The van der Waals surface area contributed by atoms with Crippen LogP contribution in [0.3, 0.4) is 0 Å². The number of hydrogen-bond acceptors (Lipinski definition) is 2. The average Bonchev–Trinajstić information content (AvgIpc) is 2.37. The number of para-hydroxylation sites is 1. The van der Waals surface area contributed by atoms with Gasteiger partial charge in [-0.1, -0.05) is 32.0 Å². The molecule has 1 heterocycles. The second kappa shape index (κ2) is 5.43. The summed E-state index contributed by atoms with van der Waals surface area (Å²) in [6, 6.07) is 7.58. The summed E-state index contributed by atoms with van der Waals surface area (Å²) < 4.78 is 0. The molecule has 0 fully saturated rings. The van der Waals surface area contributed by atoms with Crippen molar-refractivity contribution in [2.45, 2.75) is 39.2 Å². The zero-order chi connectivity index (χ0) is 14.0. The lowest BCUT2D eigenvalue weighted by Crippen LogP contribution is -2.41. The van der Waals surface area contributed by atoms with Gasteiger partial charge in [-0.05, 0) is 24.5 Å². The molecular formula is C15H20N2O2. The fraction of sp³-hybridized carbons (Fsp3) is 0.467. The molecular weight excluding hydrogens is 240 g/mol. The van der Waals surface area contributed by atoms with Crippen LogP contribution >= 0.6 is 0 Å². The normalized spacial score (nSPS) is 19.6. The Morgan fingerprint density at radius 3 is 2.68 bits per heavy atom. The van der Waals surface area contributed by atoms with E-state index in [0.29, 0.717) is 5.92 Å². The maximum Gasteiger partial charge on any atom is 0.228 e. The number of hydrogen-bond donors (Lipinski definition) is 2. The number of benzene rings is 1. The molecule has 1 aromatic carbocycles. The highest BCUT2D eigenvalue weighted by Gasteiger charge is 2.31. The number of amides is 2. The Morgan fingerprint density at radius 2 is 2.00 bits per heavy atom. The molecule has 1 aliphatic rings. The second-order valence-electron chi connectivity index (χ2n) is 5.43. The van der Waals surface area contributed by atoms with Crippen LogP contribution in [-0.4, -0.2) is 17.9 Å². The topological polar surface area (TPSA) is 58.2 Å². The maximum atomic E-state index is 12.3. The van der Waals surface area contributed by atoms with E-state index in [-0.39, 0.29) is 30.2 Å². The van der Waals surface area contributed by atoms with Crippen LogP contribution in [0.1, 0.15) is 38.7 Å². The minimum Gasteiger partial charge on any atom is -0.353 e. The number of rotatable bonds is 3. The van der Waals surface area contributed by atoms with Gasteiger partial charge in [-0.2, -0.15) is 0 Å². The molecule has 0 saturated heterocycles. The zero-order valence-corrected chi connectivity index (χ0v) is 11.6. The van der Waals surface area contributed by atoms with E-state index in [4.69, 9.17) is 0 Å². The SMILES string of the molecule is CC(C)C(C)NC(=O)C1CC(=O)Nc2ccccc21. The van der Waals surface area contributed by atoms with Crippen LogP contribution in [0.15, 0.2) is 24.3 Å². The Hall–Kier alpha value is -1.84. The van der Waals surface area contributed by atoms with Crippen molar-refractivity contribution in [2.75, 3.05) is 5.32 Å². The van der Waals surface area contributed by atoms with Crippen LogP contribution < -0.4 is 10.6 Å². The highest BCUT2D eigenvalue weighted by molar-refractivity contribution is 6.01. The average molecular weight is 260 g/mol. The van der Waals surface area contributed by atoms with Gasteiger partial charge in [0, 0.05) is 18.2 Å². The highest BCUT2D eigenvalue weighted by atomic mass is 16.2. The molecule has 0 saturated carbocycles. The molecule has 0 aliphatic carbocycles. The van der Waals surface area contributed by atoms with Gasteiger partial charge >= 0.3 is 0 Å². The summed E-state index contributed by atoms with van der Waals surface area (Å²) in [5, 5.41) is 5.79. The third kappa shape index (κ3) is 2.95. The number of anilines is 1. The molecule has 102 valence electrons. The predicted octanol–water partition coefficient (Wildman–Crippen LogP) is 2.27. The van der Waals surface area contributed by atoms with Gasteiger partial charge in [0.25, 0.3) is 0 Å². The van der Waals surface area contributed by atoms with Crippen molar-refractivity contribution in [1.29, 1.82) is 0 Å². The molecule has 4 heteroatoms. The highest BCUT2D eigenvalue weighted by Crippen LogP contribution is 2.32. The lowest BCUT2D eigenvalue weighted by molar-refractivity contribution is -0.127. The zero-order valence-electron chi connectivity index (χ0n) is 11.6. The van der Waals surface area contributed by atoms with E-state index in [2.05, 4.69) is 24.5 Å². The van der Waals surface area contributed by atoms with Crippen LogP contribution in [0.4, 0.5) is 5.69 Å². The number of nitrogens with one attached hydrogen (secondary N) is 2. The van der Waals surface area contributed by atoms with Crippen LogP contribution in [-0.2, 0) is 9.59 Å². The standard InChI is InChI=1S/C15H20N2O2/c1-9(2)10(3)16-15(19)12-8-14(18)17-13-7-5-4-6-11(12)13/h4-7,9-10,12H,8H2,1-3H3,(H,16,19)(H,17,18). The lowest BCUT2D eigenvalue weighted by Gasteiger charge is -2.27. The molecule has 1 aliphatic heterocycles. The first-order valence-electron chi connectivity index (χ1n) is 6.68. The molecule has 19 heavy (non-hydrogen) atoms. The van der Waals surface area contributed by atoms with Crippen molar-refractivity contribution in [3.63, 3.8) is 0 Å². The number of carbonyl (C=O) groups is 2. The summed E-state index contributed by atoms with van der Waals surface area (Å²) in [6.45, 7) is 6.11. The molecule has 2 rings (SSSR count). The van der Waals surface area contributed by atoms with E-state index >= 15 is 0 Å². The van der Waals surface area contributed by atoms with E-state index in [1.54, 1.807) is 0 Å². The monoisotopic (exact) mass is 260 g/mol. The molecule has 2 amide bonds. The lowest BCUT2D eigenvalue weighted by atomic mass is 9.89. The summed E-state index contributed by atoms with van der Waals surface area (Å²) >= 11 is 0. The third-order valence-electron chi connectivity index (χ3n) is 3.69. The van der Waals surface area contributed by atoms with Crippen molar-refractivity contribution in [1.82, 2.24) is 5.32 Å². The van der Waals surface area contributed by atoms with Crippen molar-refractivity contribution in [3.8, 4) is 0 Å². The van der Waals surface area contributed by atoms with Gasteiger partial charge in [0.05, 0.1) is 5.92 Å². The number of carbonyl (C=O) groups excluding carboxylic acids is 2. The van der Waals surface area contributed by atoms with Crippen LogP contribution in [0.2, 0.25) is 0 Å². The van der Waals surface area contributed by atoms with Crippen molar-refractivity contribution >= 4 is 17.5 Å². The minimum absolute atomic E-state index is 0.0662. The molecule has 4 nitrogen and oxygen atoms in total. The smallest absolute Gasteiger partial charge is 0.228 e. The predicted molar refractivity (Wildman–Crippen MR) is 74.9 cm³/mol. The van der Waals surface area contributed by atoms with Crippen molar-refractivity contribution in [2.24, 2.45) is 5.92 Å². The van der Waals surface area contributed by atoms with E-state index in [1.165, 1.54) is 0 Å². The van der Waals surface area contributed by atoms with Gasteiger partial charge in [0.15, 0.2) is 0 Å². The van der Waals surface area contributed by atoms with Gasteiger partial charge < -0.3 is 10.6 Å². The third-order valence-corrected chi connectivity index (χ3v) is 3.69. The summed E-state index contributed by atoms with van der Waals surface area (Å²) in [5.41, 5.74) is 1.65. The second-order valence-corrected chi connectivity index (χ2v) is 5.43. The van der Waals surface area contributed by atoms with Crippen LogP contribution in [0, 0.1) is 5.92 Å². The molecule has 1 aromatic rings. The summed E-state index contributed by atoms with van der Waals surface area (Å²) in [7, 11) is 0. The van der Waals surface area contributed by atoms with E-state index in [9.17, 15) is 9.59 Å². The van der Waals surface area contributed by atoms with E-state index < -0.39 is 0 Å². The molecule has 2 unspecified atom stereocenters. The molecule has 0 aromatic heterocycles. The fourth-order valence-electron chi connectivity index (χ4n) is 2.14. The molecule has 0 radical (unpaired) electrons. The Balaban J connectivity index is 2.20. The first kappa shape index (κ1) is 13.6. The van der Waals surface area contributed by atoms with E-state index in [0.717, 1.165) is 11.3 Å². The van der Waals surface area contributed by atoms with Crippen molar-refractivity contribution in [3.05, 3.63) is 29.8 Å². The van der Waals surface area contributed by atoms with Gasteiger partial charge in [0.1, 0.15) is 0 Å². The van der Waals surface area contributed by atoms with Gasteiger partial charge in [-0.25, -0.2) is 0 Å². The number of fused-ring (bicyclic) bond motifs is 1. The summed E-state index contributed by atoms with van der Waals surface area (Å²) in [5.74, 6) is -0.178. The minimum atomic E-state index is -0.383. The van der Waals surface area contributed by atoms with Gasteiger partial charge in [0.2, 0.25) is 11.8 Å². The first-order valence-corrected chi connectivity index (χ1v) is 6.68. The van der Waals surface area contributed by atoms with Gasteiger partial charge in [-0.3, -0.25) is 9.59 Å². The molecule has 2 atom stereocenters. The molecule has 2 N–H and O–H groups in total. The molecule has 0 spiro atoms. The van der Waals surface area contributed by atoms with Crippen LogP contribution in [0.5, 0.6) is 0 Å². The van der Waals surface area contributed by atoms with Crippen molar-refractivity contribution < 1.29 is 9.59 Å². The Bertz CT molecular complexity index is 497. The summed E-state index contributed by atoms with van der Waals surface area (Å²) in [4.78, 5) is 24.0. The maximum absolute atomic E-state index is 12.3. The van der Waals surface area contributed by atoms with E-state index in [1.807, 2.05) is 31.2 Å². The largest absolute Gasteiger partial charge is 0.353 e. The first-order chi connectivity index (χ1) is 8.99. The summed E-state index contributed by atoms with van der Waals surface area (Å²) in [6.07, 6.45) is 0.216. The molecule has 0 bridgehead atoms.